The Morgan fingerprint density at radius 3 is 2.31 bits per heavy atom. The van der Waals surface area contributed by atoms with Gasteiger partial charge in [0, 0.05) is 24.5 Å². The van der Waals surface area contributed by atoms with E-state index in [9.17, 15) is 0 Å². The molecule has 0 aliphatic carbocycles. The molecule has 0 aromatic carbocycles. The van der Waals surface area contributed by atoms with Crippen LogP contribution in [0.25, 0.3) is 0 Å². The van der Waals surface area contributed by atoms with Crippen molar-refractivity contribution in [2.45, 2.75) is 52.1 Å². The van der Waals surface area contributed by atoms with Crippen molar-refractivity contribution in [2.75, 3.05) is 12.4 Å². The minimum absolute atomic E-state index is 0.629. The maximum absolute atomic E-state index is 5.84. The van der Waals surface area contributed by atoms with Crippen LogP contribution in [0, 0.1) is 5.92 Å². The van der Waals surface area contributed by atoms with Crippen LogP contribution in [0.5, 0.6) is 0 Å². The summed E-state index contributed by atoms with van der Waals surface area (Å²) in [7, 11) is 0. The van der Waals surface area contributed by atoms with Gasteiger partial charge >= 0.3 is 0 Å². The second-order valence-electron chi connectivity index (χ2n) is 4.59. The van der Waals surface area contributed by atoms with Crippen molar-refractivity contribution in [3.8, 4) is 0 Å². The molecule has 1 nitrogen and oxygen atoms in total. The molecule has 0 bridgehead atoms. The number of alkyl halides is 1. The number of hydrogen-bond donors (Lipinski definition) is 0. The number of piperidine rings is 1. The molecular weight excluding hydrogens is 182 g/mol. The summed E-state index contributed by atoms with van der Waals surface area (Å²) in [5, 5.41) is 0. The summed E-state index contributed by atoms with van der Waals surface area (Å²) in [6.07, 6.45) is 4.12. The number of rotatable bonds is 3. The summed E-state index contributed by atoms with van der Waals surface area (Å²) in [5.41, 5.74) is 0. The van der Waals surface area contributed by atoms with Crippen LogP contribution in [0.15, 0.2) is 0 Å². The lowest BCUT2D eigenvalue weighted by Gasteiger charge is -2.40. The van der Waals surface area contributed by atoms with Gasteiger partial charge < -0.3 is 0 Å². The topological polar surface area (TPSA) is 3.24 Å². The zero-order chi connectivity index (χ0) is 9.84. The lowest BCUT2D eigenvalue weighted by molar-refractivity contribution is 0.0903. The highest BCUT2D eigenvalue weighted by molar-refractivity contribution is 6.18. The van der Waals surface area contributed by atoms with E-state index in [-0.39, 0.29) is 0 Å². The molecule has 78 valence electrons. The Bertz CT molecular complexity index is 139. The summed E-state index contributed by atoms with van der Waals surface area (Å²) >= 11 is 5.84. The smallest absolute Gasteiger partial charge is 0.0261 e. The summed E-state index contributed by atoms with van der Waals surface area (Å²) in [6, 6.07) is 1.52. The molecule has 3 atom stereocenters. The van der Waals surface area contributed by atoms with Gasteiger partial charge in [-0.1, -0.05) is 13.3 Å². The Labute approximate surface area is 87.4 Å². The van der Waals surface area contributed by atoms with Crippen LogP contribution < -0.4 is 0 Å². The van der Waals surface area contributed by atoms with Crippen LogP contribution in [0.1, 0.15) is 40.0 Å². The van der Waals surface area contributed by atoms with Crippen LogP contribution in [0.3, 0.4) is 0 Å². The van der Waals surface area contributed by atoms with Crippen LogP contribution in [-0.4, -0.2) is 29.4 Å². The van der Waals surface area contributed by atoms with Crippen molar-refractivity contribution in [1.82, 2.24) is 4.90 Å². The molecular formula is C11H22ClN. The van der Waals surface area contributed by atoms with Crippen molar-refractivity contribution in [2.24, 2.45) is 5.92 Å². The van der Waals surface area contributed by atoms with E-state index in [1.807, 2.05) is 0 Å². The SMILES string of the molecule is CC(CCl)CN1[C@H](C)CCC[C@@H]1C. The van der Waals surface area contributed by atoms with Crippen LogP contribution in [0.2, 0.25) is 0 Å². The molecule has 1 rings (SSSR count). The predicted molar refractivity (Wildman–Crippen MR) is 59.4 cm³/mol. The van der Waals surface area contributed by atoms with Gasteiger partial charge in [0.2, 0.25) is 0 Å². The van der Waals surface area contributed by atoms with E-state index < -0.39 is 0 Å². The first-order chi connectivity index (χ1) is 6.15. The fourth-order valence-corrected chi connectivity index (χ4v) is 2.34. The lowest BCUT2D eigenvalue weighted by atomic mass is 9.96. The molecule has 1 heterocycles. The van der Waals surface area contributed by atoms with E-state index in [1.54, 1.807) is 0 Å². The highest BCUT2D eigenvalue weighted by atomic mass is 35.5. The van der Waals surface area contributed by atoms with E-state index in [4.69, 9.17) is 11.6 Å². The average molecular weight is 204 g/mol. The van der Waals surface area contributed by atoms with Crippen LogP contribution in [-0.2, 0) is 0 Å². The molecule has 1 aliphatic rings. The Kier molecular flexibility index (Phi) is 4.54. The maximum atomic E-state index is 5.84. The molecule has 0 aromatic heterocycles. The van der Waals surface area contributed by atoms with Crippen LogP contribution >= 0.6 is 11.6 Å². The summed E-state index contributed by atoms with van der Waals surface area (Å²) in [6.45, 7) is 8.10. The number of nitrogens with zero attached hydrogens (tertiary/aromatic N) is 1. The highest BCUT2D eigenvalue weighted by Crippen LogP contribution is 2.23. The van der Waals surface area contributed by atoms with E-state index >= 15 is 0 Å². The first kappa shape index (κ1) is 11.3. The Hall–Kier alpha value is 0.250. The molecule has 0 saturated carbocycles. The van der Waals surface area contributed by atoms with Gasteiger partial charge in [-0.15, -0.1) is 11.6 Å². The molecule has 0 aromatic rings. The normalized spacial score (nSPS) is 33.2. The molecule has 0 N–H and O–H groups in total. The van der Waals surface area contributed by atoms with Crippen molar-refractivity contribution < 1.29 is 0 Å². The fraction of sp³-hybridized carbons (Fsp3) is 1.00. The lowest BCUT2D eigenvalue weighted by Crippen LogP contribution is -2.45. The van der Waals surface area contributed by atoms with Gasteiger partial charge in [-0.2, -0.15) is 0 Å². The second-order valence-corrected chi connectivity index (χ2v) is 4.89. The highest BCUT2D eigenvalue weighted by Gasteiger charge is 2.25. The minimum Gasteiger partial charge on any atom is -0.298 e. The van der Waals surface area contributed by atoms with Crippen LogP contribution in [0.4, 0.5) is 0 Å². The molecule has 1 fully saturated rings. The van der Waals surface area contributed by atoms with Gasteiger partial charge in [-0.05, 0) is 32.6 Å². The predicted octanol–water partition coefficient (Wildman–Crippen LogP) is 3.12. The molecule has 0 amide bonds. The molecule has 0 spiro atoms. The number of likely N-dealkylation sites (tertiary alicyclic amines) is 1. The van der Waals surface area contributed by atoms with Crippen molar-refractivity contribution >= 4 is 11.6 Å². The van der Waals surface area contributed by atoms with Gasteiger partial charge in [0.25, 0.3) is 0 Å². The van der Waals surface area contributed by atoms with Gasteiger partial charge in [-0.3, -0.25) is 4.90 Å². The third kappa shape index (κ3) is 3.14. The third-order valence-electron chi connectivity index (χ3n) is 3.16. The molecule has 1 unspecified atom stereocenters. The summed E-state index contributed by atoms with van der Waals surface area (Å²) < 4.78 is 0. The zero-order valence-electron chi connectivity index (χ0n) is 9.09. The van der Waals surface area contributed by atoms with E-state index in [2.05, 4.69) is 25.7 Å². The van der Waals surface area contributed by atoms with Gasteiger partial charge in [0.05, 0.1) is 0 Å². The average Bonchev–Trinajstić information content (AvgIpc) is 2.11. The second kappa shape index (κ2) is 5.21. The molecule has 13 heavy (non-hydrogen) atoms. The fourth-order valence-electron chi connectivity index (χ4n) is 2.24. The first-order valence-electron chi connectivity index (χ1n) is 5.46. The third-order valence-corrected chi connectivity index (χ3v) is 3.69. The summed E-state index contributed by atoms with van der Waals surface area (Å²) in [4.78, 5) is 2.62. The maximum Gasteiger partial charge on any atom is 0.0261 e. The molecule has 0 radical (unpaired) electrons. The van der Waals surface area contributed by atoms with E-state index in [0.717, 1.165) is 18.0 Å². The largest absolute Gasteiger partial charge is 0.298 e. The van der Waals surface area contributed by atoms with E-state index in [0.29, 0.717) is 5.92 Å². The Morgan fingerprint density at radius 2 is 1.85 bits per heavy atom. The van der Waals surface area contributed by atoms with Crippen molar-refractivity contribution in [1.29, 1.82) is 0 Å². The Morgan fingerprint density at radius 1 is 1.31 bits per heavy atom. The Balaban J connectivity index is 2.43. The van der Waals surface area contributed by atoms with Crippen molar-refractivity contribution in [3.05, 3.63) is 0 Å². The monoisotopic (exact) mass is 203 g/mol. The van der Waals surface area contributed by atoms with Gasteiger partial charge in [0.15, 0.2) is 0 Å². The summed E-state index contributed by atoms with van der Waals surface area (Å²) in [5.74, 6) is 1.42. The quantitative estimate of drug-likeness (QED) is 0.638. The molecule has 1 aliphatic heterocycles. The van der Waals surface area contributed by atoms with Crippen molar-refractivity contribution in [3.63, 3.8) is 0 Å². The first-order valence-corrected chi connectivity index (χ1v) is 6.00. The number of hydrogen-bond acceptors (Lipinski definition) is 1. The van der Waals surface area contributed by atoms with Gasteiger partial charge in [0.1, 0.15) is 0 Å². The molecule has 2 heteroatoms. The van der Waals surface area contributed by atoms with E-state index in [1.165, 1.54) is 25.8 Å². The zero-order valence-corrected chi connectivity index (χ0v) is 9.85. The number of halogens is 1. The van der Waals surface area contributed by atoms with Gasteiger partial charge in [-0.25, -0.2) is 0 Å². The minimum atomic E-state index is 0.629. The molecule has 1 saturated heterocycles. The standard InChI is InChI=1S/C11H22ClN/c1-9(7-12)8-13-10(2)5-4-6-11(13)3/h9-11H,4-8H2,1-3H3/t9?,10-,11+.